The molecule has 0 aromatic rings. The standard InChI is InChI=1S/C75H131N2O7P/c1-7-10-13-16-19-22-25-27-29-31-33-35-36-37-38-39-40-42-44-46-48-50-53-56-59-62-65-68-75(79)84-73(66-63-60-57-54-51-24-21-18-15-12-9-3)72(71-83-85(80,81)82-70-69-77(4,5)6)76-74(78)67-64-61-58-55-52-49-47-45-43-41-34-32-30-28-26-23-20-17-14-11-8-2/h10,13,19-20,22-23,27-30,33-35,37-38,41,45,47,63,66,72-73H,7-9,11-12,14-18,21,24-26,31-32,36,39-40,42-44,46,48-62,64-65,67-71H2,1-6H3,(H-,76,78,80,81)/b13-10-,22-19-,23-20-,29-27-,30-28-,35-33-,38-37-,41-34-,47-45-,66-63-. The highest BCUT2D eigenvalue weighted by atomic mass is 31.2. The number of esters is 1. The predicted octanol–water partition coefficient (Wildman–Crippen LogP) is 21.6. The van der Waals surface area contributed by atoms with Gasteiger partial charge in [-0.05, 0) is 122 Å². The molecular formula is C75H131N2O7P. The number of quaternary nitrogens is 1. The van der Waals surface area contributed by atoms with Crippen LogP contribution in [0.1, 0.15) is 290 Å². The fourth-order valence-corrected chi connectivity index (χ4v) is 10.3. The van der Waals surface area contributed by atoms with Crippen LogP contribution in [0.15, 0.2) is 122 Å². The Morgan fingerprint density at radius 2 is 0.753 bits per heavy atom. The molecule has 0 radical (unpaired) electrons. The van der Waals surface area contributed by atoms with Gasteiger partial charge in [0.05, 0.1) is 33.8 Å². The molecule has 0 aromatic heterocycles. The Bertz CT molecular complexity index is 1870. The number of amides is 1. The van der Waals surface area contributed by atoms with Crippen LogP contribution in [-0.2, 0) is 27.9 Å². The maximum atomic E-state index is 13.6. The van der Waals surface area contributed by atoms with Crippen LogP contribution in [0.5, 0.6) is 0 Å². The van der Waals surface area contributed by atoms with E-state index < -0.39 is 26.6 Å². The van der Waals surface area contributed by atoms with Crippen LogP contribution in [0.3, 0.4) is 0 Å². The van der Waals surface area contributed by atoms with Gasteiger partial charge in [-0.25, -0.2) is 0 Å². The number of nitrogens with zero attached hydrogens (tertiary/aromatic N) is 1. The highest BCUT2D eigenvalue weighted by molar-refractivity contribution is 7.45. The minimum Gasteiger partial charge on any atom is -0.756 e. The molecule has 0 rings (SSSR count). The van der Waals surface area contributed by atoms with Gasteiger partial charge >= 0.3 is 5.97 Å². The van der Waals surface area contributed by atoms with Crippen LogP contribution in [0, 0.1) is 0 Å². The number of ether oxygens (including phenoxy) is 1. The lowest BCUT2D eigenvalue weighted by molar-refractivity contribution is -0.870. The second-order valence-electron chi connectivity index (χ2n) is 24.3. The van der Waals surface area contributed by atoms with Crippen LogP contribution in [0.25, 0.3) is 0 Å². The molecule has 0 aromatic carbocycles. The molecule has 10 heteroatoms. The van der Waals surface area contributed by atoms with Crippen molar-refractivity contribution in [3.63, 3.8) is 0 Å². The quantitative estimate of drug-likeness (QED) is 0.0212. The van der Waals surface area contributed by atoms with E-state index in [-0.39, 0.29) is 31.3 Å². The number of phosphoric acid groups is 1. The number of hydrogen-bond acceptors (Lipinski definition) is 7. The lowest BCUT2D eigenvalue weighted by Gasteiger charge is -2.30. The van der Waals surface area contributed by atoms with Crippen molar-refractivity contribution < 1.29 is 37.3 Å². The first kappa shape index (κ1) is 81.4. The summed E-state index contributed by atoms with van der Waals surface area (Å²) in [4.78, 5) is 40.1. The Morgan fingerprint density at radius 1 is 0.424 bits per heavy atom. The SMILES string of the molecule is CC/C=C\C/C=C\C/C=C\C/C=C\C/C=C\CCCCCCCCCCCCCC(=O)OC(/C=C\CCCCCCCCCCC)C(COP(=O)([O-])OCC[N+](C)(C)C)NC(=O)CCCCCCC/C=C\C/C=C\C/C=C\C/C=C\CCCCC. The van der Waals surface area contributed by atoms with Gasteiger partial charge in [-0.1, -0.05) is 277 Å². The Kier molecular flexibility index (Phi) is 60.8. The number of nitrogens with one attached hydrogen (secondary N) is 1. The Morgan fingerprint density at radius 3 is 1.15 bits per heavy atom. The van der Waals surface area contributed by atoms with Gasteiger partial charge in [0.15, 0.2) is 0 Å². The number of carbonyl (C=O) groups is 2. The van der Waals surface area contributed by atoms with E-state index in [0.717, 1.165) is 135 Å². The van der Waals surface area contributed by atoms with Crippen molar-refractivity contribution in [2.24, 2.45) is 0 Å². The molecule has 3 atom stereocenters. The lowest BCUT2D eigenvalue weighted by Crippen LogP contribution is -2.47. The van der Waals surface area contributed by atoms with E-state index in [1.54, 1.807) is 0 Å². The summed E-state index contributed by atoms with van der Waals surface area (Å²) < 4.78 is 30.4. The maximum Gasteiger partial charge on any atom is 0.306 e. The zero-order valence-electron chi connectivity index (χ0n) is 55.8. The second kappa shape index (κ2) is 63.4. The van der Waals surface area contributed by atoms with Gasteiger partial charge in [0.2, 0.25) is 5.91 Å². The van der Waals surface area contributed by atoms with Crippen LogP contribution in [0.2, 0.25) is 0 Å². The summed E-state index contributed by atoms with van der Waals surface area (Å²) in [6.07, 6.45) is 88.9. The summed E-state index contributed by atoms with van der Waals surface area (Å²) in [5, 5.41) is 3.02. The topological polar surface area (TPSA) is 114 Å². The number of rotatable bonds is 62. The largest absolute Gasteiger partial charge is 0.756 e. The van der Waals surface area contributed by atoms with E-state index in [1.807, 2.05) is 33.3 Å². The molecule has 0 bridgehead atoms. The first-order chi connectivity index (χ1) is 41.4. The molecule has 0 heterocycles. The van der Waals surface area contributed by atoms with Crippen LogP contribution >= 0.6 is 7.82 Å². The van der Waals surface area contributed by atoms with E-state index in [0.29, 0.717) is 17.4 Å². The minimum atomic E-state index is -4.72. The number of unbranched alkanes of at least 4 members (excludes halogenated alkanes) is 28. The van der Waals surface area contributed by atoms with Crippen molar-refractivity contribution in [1.82, 2.24) is 5.32 Å². The zero-order valence-corrected chi connectivity index (χ0v) is 56.7. The number of hydrogen-bond donors (Lipinski definition) is 1. The molecule has 85 heavy (non-hydrogen) atoms. The average molecular weight is 1200 g/mol. The number of allylic oxidation sites excluding steroid dienone is 19. The summed E-state index contributed by atoms with van der Waals surface area (Å²) in [6.45, 7) is 6.68. The van der Waals surface area contributed by atoms with E-state index in [2.05, 4.69) is 135 Å². The zero-order chi connectivity index (χ0) is 62.1. The molecule has 0 aliphatic rings. The molecule has 0 saturated heterocycles. The van der Waals surface area contributed by atoms with Crippen LogP contribution < -0.4 is 10.2 Å². The summed E-state index contributed by atoms with van der Waals surface area (Å²) in [6, 6.07) is -0.908. The molecule has 0 aliphatic carbocycles. The average Bonchev–Trinajstić information content (AvgIpc) is 3.59. The summed E-state index contributed by atoms with van der Waals surface area (Å²) in [7, 11) is 1.16. The van der Waals surface area contributed by atoms with Crippen LogP contribution in [0.4, 0.5) is 0 Å². The van der Waals surface area contributed by atoms with Crippen molar-refractivity contribution in [3.8, 4) is 0 Å². The first-order valence-corrected chi connectivity index (χ1v) is 36.3. The van der Waals surface area contributed by atoms with Crippen molar-refractivity contribution in [2.75, 3.05) is 40.9 Å². The highest BCUT2D eigenvalue weighted by Crippen LogP contribution is 2.38. The summed E-state index contributed by atoms with van der Waals surface area (Å²) >= 11 is 0. The number of phosphoric ester groups is 1. The minimum absolute atomic E-state index is 0.0323. The molecule has 0 aliphatic heterocycles. The van der Waals surface area contributed by atoms with Gasteiger partial charge in [0.1, 0.15) is 19.3 Å². The van der Waals surface area contributed by atoms with Gasteiger partial charge in [0, 0.05) is 12.8 Å². The number of carbonyl (C=O) groups excluding carboxylic acids is 2. The van der Waals surface area contributed by atoms with Crippen LogP contribution in [-0.4, -0.2) is 69.4 Å². The molecule has 1 amide bonds. The van der Waals surface area contributed by atoms with E-state index in [4.69, 9.17) is 13.8 Å². The third-order valence-electron chi connectivity index (χ3n) is 14.9. The fraction of sp³-hybridized carbons (Fsp3) is 0.707. The molecule has 0 saturated carbocycles. The molecule has 9 nitrogen and oxygen atoms in total. The Labute approximate surface area is 524 Å². The highest BCUT2D eigenvalue weighted by Gasteiger charge is 2.27. The van der Waals surface area contributed by atoms with E-state index >= 15 is 0 Å². The van der Waals surface area contributed by atoms with Gasteiger partial charge in [-0.15, -0.1) is 0 Å². The first-order valence-electron chi connectivity index (χ1n) is 34.8. The summed E-state index contributed by atoms with van der Waals surface area (Å²) in [5.41, 5.74) is 0. The third kappa shape index (κ3) is 64.7. The van der Waals surface area contributed by atoms with Gasteiger partial charge in [-0.2, -0.15) is 0 Å². The normalized spacial score (nSPS) is 14.3. The molecular weight excluding hydrogens is 1070 g/mol. The van der Waals surface area contributed by atoms with Crippen molar-refractivity contribution in [1.29, 1.82) is 0 Å². The Balaban J connectivity index is 5.09. The maximum absolute atomic E-state index is 13.6. The predicted molar refractivity (Wildman–Crippen MR) is 367 cm³/mol. The Hall–Kier alpha value is -3.59. The molecule has 1 N–H and O–H groups in total. The van der Waals surface area contributed by atoms with E-state index in [1.165, 1.54) is 116 Å². The lowest BCUT2D eigenvalue weighted by atomic mass is 10.0. The van der Waals surface area contributed by atoms with E-state index in [9.17, 15) is 19.0 Å². The monoisotopic (exact) mass is 1200 g/mol. The number of likely N-dealkylation sites (N-methyl/N-ethyl adjacent to an activating group) is 1. The smallest absolute Gasteiger partial charge is 0.306 e. The molecule has 0 fully saturated rings. The van der Waals surface area contributed by atoms with Gasteiger partial charge in [0.25, 0.3) is 7.82 Å². The molecule has 0 spiro atoms. The van der Waals surface area contributed by atoms with Gasteiger partial charge in [-0.3, -0.25) is 14.2 Å². The van der Waals surface area contributed by atoms with Crippen molar-refractivity contribution in [2.45, 2.75) is 303 Å². The van der Waals surface area contributed by atoms with Crippen molar-refractivity contribution in [3.05, 3.63) is 122 Å². The molecule has 488 valence electrons. The second-order valence-corrected chi connectivity index (χ2v) is 25.7. The third-order valence-corrected chi connectivity index (χ3v) is 15.8. The molecule has 3 unspecified atom stereocenters. The van der Waals surface area contributed by atoms with Crippen molar-refractivity contribution >= 4 is 19.7 Å². The summed E-state index contributed by atoms with van der Waals surface area (Å²) in [5.74, 6) is -0.569. The van der Waals surface area contributed by atoms with Gasteiger partial charge < -0.3 is 28.5 Å². The fourth-order valence-electron chi connectivity index (χ4n) is 9.53.